The molecule has 2 rings (SSSR count). The van der Waals surface area contributed by atoms with Crippen LogP contribution in [0.4, 0.5) is 0 Å². The third-order valence-corrected chi connectivity index (χ3v) is 2.90. The second kappa shape index (κ2) is 2.29. The quantitative estimate of drug-likeness (QED) is 0.431. The van der Waals surface area contributed by atoms with E-state index in [1.165, 1.54) is 0 Å². The van der Waals surface area contributed by atoms with E-state index >= 15 is 0 Å². The fourth-order valence-corrected chi connectivity index (χ4v) is 2.28. The van der Waals surface area contributed by atoms with E-state index in [-0.39, 0.29) is 11.8 Å². The zero-order chi connectivity index (χ0) is 7.84. The fourth-order valence-electron chi connectivity index (χ4n) is 2.28. The summed E-state index contributed by atoms with van der Waals surface area (Å²) in [6.45, 7) is 0. The number of allylic oxidation sites excluding steroid dienone is 2. The minimum atomic E-state index is -0.0255. The summed E-state index contributed by atoms with van der Waals surface area (Å²) in [6, 6.07) is 0. The third-order valence-electron chi connectivity index (χ3n) is 2.90. The van der Waals surface area contributed by atoms with Gasteiger partial charge in [-0.3, -0.25) is 0 Å². The Bertz CT molecular complexity index is 198. The van der Waals surface area contributed by atoms with Crippen LogP contribution < -0.4 is 0 Å². The van der Waals surface area contributed by atoms with Crippen molar-refractivity contribution in [2.75, 3.05) is 0 Å². The summed E-state index contributed by atoms with van der Waals surface area (Å²) in [5.74, 6) is 0.658. The Morgan fingerprint density at radius 3 is 1.82 bits per heavy atom. The highest BCUT2D eigenvalue weighted by Crippen LogP contribution is 2.45. The van der Waals surface area contributed by atoms with Crippen LogP contribution >= 0.6 is 0 Å². The lowest BCUT2D eigenvalue weighted by Crippen LogP contribution is -2.21. The van der Waals surface area contributed by atoms with Gasteiger partial charge in [0.2, 0.25) is 0 Å². The minimum absolute atomic E-state index is 0.0255. The van der Waals surface area contributed by atoms with Crippen molar-refractivity contribution in [1.82, 2.24) is 0 Å². The van der Waals surface area contributed by atoms with Crippen LogP contribution in [-0.2, 0) is 9.59 Å². The highest BCUT2D eigenvalue weighted by Gasteiger charge is 2.43. The Kier molecular flexibility index (Phi) is 1.41. The molecule has 0 heterocycles. The van der Waals surface area contributed by atoms with E-state index in [2.05, 4.69) is 12.2 Å². The lowest BCUT2D eigenvalue weighted by atomic mass is 9.85. The molecule has 0 amide bonds. The van der Waals surface area contributed by atoms with E-state index in [1.54, 1.807) is 0 Å². The molecule has 2 aliphatic carbocycles. The number of hydrogen-bond donors (Lipinski definition) is 0. The predicted molar refractivity (Wildman–Crippen MR) is 39.8 cm³/mol. The number of aldehydes is 2. The molecule has 0 aromatic heterocycles. The maximum atomic E-state index is 10.6. The van der Waals surface area contributed by atoms with Gasteiger partial charge in [0.05, 0.1) is 0 Å². The van der Waals surface area contributed by atoms with Gasteiger partial charge in [0.15, 0.2) is 0 Å². The summed E-state index contributed by atoms with van der Waals surface area (Å²) < 4.78 is 0. The molecule has 2 nitrogen and oxygen atoms in total. The molecule has 2 bridgehead atoms. The highest BCUT2D eigenvalue weighted by atomic mass is 16.1. The SMILES string of the molecule is O=C[C@@H]1C2C=CC(C2)[C@@H]1C=O. The number of carbonyl (C=O) groups excluding carboxylic acids is 2. The van der Waals surface area contributed by atoms with Gasteiger partial charge in [-0.1, -0.05) is 12.2 Å². The van der Waals surface area contributed by atoms with Crippen LogP contribution in [0, 0.1) is 23.7 Å². The molecule has 0 aliphatic heterocycles. The lowest BCUT2D eigenvalue weighted by molar-refractivity contribution is -0.119. The first-order valence-electron chi connectivity index (χ1n) is 3.95. The molecule has 2 aliphatic rings. The van der Waals surface area contributed by atoms with Crippen molar-refractivity contribution in [2.45, 2.75) is 6.42 Å². The molecular weight excluding hydrogens is 140 g/mol. The molecule has 2 unspecified atom stereocenters. The standard InChI is InChI=1S/C9H10O2/c10-4-8-6-1-2-7(3-6)9(8)5-11/h1-2,4-9H,3H2/t6?,7?,8-,9+. The van der Waals surface area contributed by atoms with Gasteiger partial charge < -0.3 is 9.59 Å². The fraction of sp³-hybridized carbons (Fsp3) is 0.556. The summed E-state index contributed by atoms with van der Waals surface area (Å²) in [7, 11) is 0. The number of rotatable bonds is 2. The van der Waals surface area contributed by atoms with Gasteiger partial charge in [-0.15, -0.1) is 0 Å². The first-order chi connectivity index (χ1) is 5.36. The Labute approximate surface area is 65.3 Å². The Balaban J connectivity index is 2.27. The van der Waals surface area contributed by atoms with Crippen molar-refractivity contribution < 1.29 is 9.59 Å². The van der Waals surface area contributed by atoms with Crippen LogP contribution in [0.1, 0.15) is 6.42 Å². The van der Waals surface area contributed by atoms with Crippen molar-refractivity contribution >= 4 is 12.6 Å². The van der Waals surface area contributed by atoms with Crippen LogP contribution in [-0.4, -0.2) is 12.6 Å². The van der Waals surface area contributed by atoms with E-state index < -0.39 is 0 Å². The van der Waals surface area contributed by atoms with E-state index in [9.17, 15) is 9.59 Å². The lowest BCUT2D eigenvalue weighted by Gasteiger charge is -2.16. The van der Waals surface area contributed by atoms with Gasteiger partial charge in [-0.05, 0) is 18.3 Å². The van der Waals surface area contributed by atoms with Gasteiger partial charge in [0.1, 0.15) is 12.6 Å². The zero-order valence-electron chi connectivity index (χ0n) is 6.14. The Morgan fingerprint density at radius 2 is 1.45 bits per heavy atom. The van der Waals surface area contributed by atoms with Crippen LogP contribution in [0.3, 0.4) is 0 Å². The summed E-state index contributed by atoms with van der Waals surface area (Å²) in [6.07, 6.45) is 7.03. The van der Waals surface area contributed by atoms with Crippen LogP contribution in [0.2, 0.25) is 0 Å². The molecule has 0 radical (unpaired) electrons. The van der Waals surface area contributed by atoms with Gasteiger partial charge >= 0.3 is 0 Å². The van der Waals surface area contributed by atoms with Crippen molar-refractivity contribution in [3.8, 4) is 0 Å². The molecule has 58 valence electrons. The monoisotopic (exact) mass is 150 g/mol. The second-order valence-electron chi connectivity index (χ2n) is 3.38. The predicted octanol–water partition coefficient (Wildman–Crippen LogP) is 0.823. The molecule has 0 N–H and O–H groups in total. The molecule has 1 saturated carbocycles. The smallest absolute Gasteiger partial charge is 0.124 e. The topological polar surface area (TPSA) is 34.1 Å². The van der Waals surface area contributed by atoms with Crippen LogP contribution in [0.25, 0.3) is 0 Å². The average Bonchev–Trinajstić information content (AvgIpc) is 2.60. The van der Waals surface area contributed by atoms with Crippen molar-refractivity contribution in [2.24, 2.45) is 23.7 Å². The summed E-state index contributed by atoms with van der Waals surface area (Å²) >= 11 is 0. The summed E-state index contributed by atoms with van der Waals surface area (Å²) in [5.41, 5.74) is 0. The first kappa shape index (κ1) is 6.77. The summed E-state index contributed by atoms with van der Waals surface area (Å²) in [5, 5.41) is 0. The molecule has 4 atom stereocenters. The van der Waals surface area contributed by atoms with Crippen LogP contribution in [0.15, 0.2) is 12.2 Å². The van der Waals surface area contributed by atoms with E-state index in [1.807, 2.05) is 0 Å². The largest absolute Gasteiger partial charge is 0.303 e. The molecule has 0 saturated heterocycles. The van der Waals surface area contributed by atoms with E-state index in [0.29, 0.717) is 11.8 Å². The molecule has 2 heteroatoms. The molecule has 1 fully saturated rings. The van der Waals surface area contributed by atoms with Crippen LogP contribution in [0.5, 0.6) is 0 Å². The van der Waals surface area contributed by atoms with Crippen molar-refractivity contribution in [3.63, 3.8) is 0 Å². The molecular formula is C9H10O2. The average molecular weight is 150 g/mol. The Hall–Kier alpha value is -0.920. The van der Waals surface area contributed by atoms with Crippen molar-refractivity contribution in [1.29, 1.82) is 0 Å². The number of hydrogen-bond acceptors (Lipinski definition) is 2. The van der Waals surface area contributed by atoms with E-state index in [4.69, 9.17) is 0 Å². The molecule has 0 aromatic rings. The maximum absolute atomic E-state index is 10.6. The second-order valence-corrected chi connectivity index (χ2v) is 3.38. The van der Waals surface area contributed by atoms with Gasteiger partial charge in [0, 0.05) is 11.8 Å². The van der Waals surface area contributed by atoms with Gasteiger partial charge in [-0.2, -0.15) is 0 Å². The highest BCUT2D eigenvalue weighted by molar-refractivity contribution is 5.68. The third kappa shape index (κ3) is 0.785. The number of fused-ring (bicyclic) bond motifs is 2. The molecule has 11 heavy (non-hydrogen) atoms. The minimum Gasteiger partial charge on any atom is -0.303 e. The van der Waals surface area contributed by atoms with Gasteiger partial charge in [-0.25, -0.2) is 0 Å². The normalized spacial score (nSPS) is 46.2. The van der Waals surface area contributed by atoms with Crippen molar-refractivity contribution in [3.05, 3.63) is 12.2 Å². The zero-order valence-corrected chi connectivity index (χ0v) is 6.14. The van der Waals surface area contributed by atoms with E-state index in [0.717, 1.165) is 19.0 Å². The number of carbonyl (C=O) groups is 2. The van der Waals surface area contributed by atoms with Gasteiger partial charge in [0.25, 0.3) is 0 Å². The first-order valence-corrected chi connectivity index (χ1v) is 3.95. The maximum Gasteiger partial charge on any atom is 0.124 e. The Morgan fingerprint density at radius 1 is 1.00 bits per heavy atom. The summed E-state index contributed by atoms with van der Waals surface area (Å²) in [4.78, 5) is 21.1. The molecule has 0 aromatic carbocycles. The molecule has 0 spiro atoms.